The van der Waals surface area contributed by atoms with Crippen molar-refractivity contribution in [1.82, 2.24) is 0 Å². The minimum atomic E-state index is -1.45. The second-order valence-electron chi connectivity index (χ2n) is 15.5. The highest BCUT2D eigenvalue weighted by molar-refractivity contribution is 6.96. The van der Waals surface area contributed by atoms with Gasteiger partial charge in [0, 0.05) is 11.6 Å². The monoisotopic (exact) mass is 585 g/mol. The molecule has 5 rings (SSSR count). The van der Waals surface area contributed by atoms with E-state index in [1.54, 1.807) is 10.9 Å². The Labute approximate surface area is 269 Å². The lowest BCUT2D eigenvalue weighted by atomic mass is 9.21. The molecule has 44 heavy (non-hydrogen) atoms. The number of benzene rings is 3. The topological polar surface area (TPSA) is 3.88 Å². The van der Waals surface area contributed by atoms with Gasteiger partial charge in [0.25, 0.3) is 0 Å². The number of fused-ring (bicyclic) bond motifs is 3. The molecule has 1 nitrogen and oxygen atoms in total. The Morgan fingerprint density at radius 2 is 0.909 bits per heavy atom. The van der Waals surface area contributed by atoms with E-state index >= 15 is 0 Å². The standard InChI is InChI=1S/C42H56BN/c1-26(2)33-21-36(28(5)6)41(37(22-33)29(7)8)43(25-32-17-13-14-18-35(32)40-19-15-16-20-44(40)43)42-38(30(9)10)23-34(27(3)4)24-39(42)31(11)12/h13-24,26-31H,25H2,1-12H3. The van der Waals surface area contributed by atoms with E-state index in [-0.39, 0.29) is 0 Å². The first-order valence-corrected chi connectivity index (χ1v) is 17.4. The van der Waals surface area contributed by atoms with Crippen LogP contribution in [0.25, 0.3) is 11.3 Å². The smallest absolute Gasteiger partial charge is 0.338 e. The molecule has 0 fully saturated rings. The summed E-state index contributed by atoms with van der Waals surface area (Å²) < 4.78 is 2.76. The molecule has 0 saturated heterocycles. The maximum absolute atomic E-state index is 2.76. The van der Waals surface area contributed by atoms with E-state index in [1.165, 1.54) is 50.2 Å². The first-order valence-electron chi connectivity index (χ1n) is 17.4. The summed E-state index contributed by atoms with van der Waals surface area (Å²) in [4.78, 5) is 0. The Kier molecular flexibility index (Phi) is 9.05. The number of nitrogens with zero attached hydrogens (tertiary/aromatic N) is 1. The average Bonchev–Trinajstić information content (AvgIpc) is 2.99. The first-order chi connectivity index (χ1) is 20.8. The second kappa shape index (κ2) is 12.3. The molecule has 0 bridgehead atoms. The van der Waals surface area contributed by atoms with E-state index in [0.29, 0.717) is 35.5 Å². The van der Waals surface area contributed by atoms with Gasteiger partial charge in [-0.2, -0.15) is 0 Å². The van der Waals surface area contributed by atoms with Crippen molar-refractivity contribution in [3.63, 3.8) is 0 Å². The minimum absolute atomic E-state index is 0.407. The fourth-order valence-electron chi connectivity index (χ4n) is 8.19. The zero-order valence-corrected chi connectivity index (χ0v) is 29.6. The number of hydrogen-bond acceptors (Lipinski definition) is 0. The van der Waals surface area contributed by atoms with Crippen molar-refractivity contribution in [1.29, 1.82) is 0 Å². The summed E-state index contributed by atoms with van der Waals surface area (Å²) in [5.74, 6) is 2.60. The molecule has 0 atom stereocenters. The molecule has 0 saturated carbocycles. The van der Waals surface area contributed by atoms with E-state index in [9.17, 15) is 0 Å². The Morgan fingerprint density at radius 1 is 0.500 bits per heavy atom. The van der Waals surface area contributed by atoms with Crippen LogP contribution < -0.4 is 15.4 Å². The van der Waals surface area contributed by atoms with Gasteiger partial charge in [-0.15, -0.1) is 10.9 Å². The first kappa shape index (κ1) is 32.3. The Hall–Kier alpha value is -3.13. The van der Waals surface area contributed by atoms with Crippen LogP contribution in [0.1, 0.15) is 158 Å². The molecule has 1 aromatic heterocycles. The van der Waals surface area contributed by atoms with E-state index in [0.717, 1.165) is 6.32 Å². The van der Waals surface area contributed by atoms with Crippen molar-refractivity contribution in [3.8, 4) is 11.3 Å². The summed E-state index contributed by atoms with van der Waals surface area (Å²) in [6, 6.07) is 26.4. The Morgan fingerprint density at radius 3 is 1.32 bits per heavy atom. The molecule has 1 aliphatic heterocycles. The molecule has 232 valence electrons. The van der Waals surface area contributed by atoms with Crippen LogP contribution in [0.5, 0.6) is 0 Å². The highest BCUT2D eigenvalue weighted by Gasteiger charge is 2.50. The van der Waals surface area contributed by atoms with Crippen LogP contribution in [-0.4, -0.2) is 6.28 Å². The van der Waals surface area contributed by atoms with Gasteiger partial charge in [0.05, 0.1) is 0 Å². The third kappa shape index (κ3) is 5.37. The summed E-state index contributed by atoms with van der Waals surface area (Å²) in [7, 11) is 0. The normalized spacial score (nSPS) is 14.3. The lowest BCUT2D eigenvalue weighted by Gasteiger charge is -2.47. The summed E-state index contributed by atoms with van der Waals surface area (Å²) >= 11 is 0. The molecule has 4 aromatic rings. The molecule has 2 heteroatoms. The molecule has 3 aromatic carbocycles. The van der Waals surface area contributed by atoms with Gasteiger partial charge in [0.15, 0.2) is 5.69 Å². The van der Waals surface area contributed by atoms with Gasteiger partial charge in [-0.05, 0) is 58.8 Å². The maximum Gasteiger partial charge on any atom is 0.338 e. The van der Waals surface area contributed by atoms with E-state index in [2.05, 4.69) is 160 Å². The summed E-state index contributed by atoms with van der Waals surface area (Å²) in [5.41, 5.74) is 16.4. The highest BCUT2D eigenvalue weighted by Crippen LogP contribution is 2.37. The molecular formula is C42H56BN. The van der Waals surface area contributed by atoms with Gasteiger partial charge in [0.2, 0.25) is 0 Å². The van der Waals surface area contributed by atoms with E-state index in [1.807, 2.05) is 0 Å². The summed E-state index contributed by atoms with van der Waals surface area (Å²) in [5, 5.41) is 0. The number of pyridine rings is 1. The Balaban J connectivity index is 2.11. The molecule has 2 heterocycles. The van der Waals surface area contributed by atoms with Crippen molar-refractivity contribution in [3.05, 3.63) is 112 Å². The van der Waals surface area contributed by atoms with Gasteiger partial charge in [-0.25, -0.2) is 0 Å². The number of hydrogen-bond donors (Lipinski definition) is 0. The summed E-state index contributed by atoms with van der Waals surface area (Å²) in [6.45, 7) is 28.7. The molecule has 0 amide bonds. The van der Waals surface area contributed by atoms with Crippen LogP contribution in [0.4, 0.5) is 0 Å². The Bertz CT molecular complexity index is 1520. The minimum Gasteiger partial charge on any atom is -0.412 e. The van der Waals surface area contributed by atoms with E-state index in [4.69, 9.17) is 0 Å². The molecule has 0 N–H and O–H groups in total. The van der Waals surface area contributed by atoms with Gasteiger partial charge in [-0.1, -0.05) is 166 Å². The second-order valence-corrected chi connectivity index (χ2v) is 15.5. The predicted octanol–water partition coefficient (Wildman–Crippen LogP) is 10.1. The van der Waals surface area contributed by atoms with Crippen molar-refractivity contribution >= 4 is 17.2 Å². The van der Waals surface area contributed by atoms with Crippen molar-refractivity contribution in [2.45, 2.75) is 125 Å². The van der Waals surface area contributed by atoms with Gasteiger partial charge in [0.1, 0.15) is 6.20 Å². The van der Waals surface area contributed by atoms with Crippen LogP contribution in [-0.2, 0) is 6.32 Å². The zero-order chi connectivity index (χ0) is 32.1. The fourth-order valence-corrected chi connectivity index (χ4v) is 8.19. The zero-order valence-electron chi connectivity index (χ0n) is 29.6. The maximum atomic E-state index is 2.76. The third-order valence-corrected chi connectivity index (χ3v) is 10.5. The molecule has 0 aliphatic carbocycles. The number of aromatic nitrogens is 1. The lowest BCUT2D eigenvalue weighted by Crippen LogP contribution is -2.83. The van der Waals surface area contributed by atoms with Crippen molar-refractivity contribution in [2.24, 2.45) is 0 Å². The van der Waals surface area contributed by atoms with Crippen molar-refractivity contribution in [2.75, 3.05) is 0 Å². The van der Waals surface area contributed by atoms with Crippen LogP contribution >= 0.6 is 0 Å². The third-order valence-electron chi connectivity index (χ3n) is 10.5. The van der Waals surface area contributed by atoms with Crippen LogP contribution in [0, 0.1) is 0 Å². The summed E-state index contributed by atoms with van der Waals surface area (Å²) in [6.07, 6.45) is 1.97. The van der Waals surface area contributed by atoms with Gasteiger partial charge >= 0.3 is 6.28 Å². The molecule has 0 spiro atoms. The average molecular weight is 586 g/mol. The number of rotatable bonds is 8. The van der Waals surface area contributed by atoms with Crippen LogP contribution in [0.15, 0.2) is 72.9 Å². The van der Waals surface area contributed by atoms with Gasteiger partial charge < -0.3 is 4.48 Å². The van der Waals surface area contributed by atoms with Gasteiger partial charge in [-0.3, -0.25) is 0 Å². The van der Waals surface area contributed by atoms with Crippen LogP contribution in [0.2, 0.25) is 0 Å². The molecular weight excluding hydrogens is 529 g/mol. The SMILES string of the molecule is CC(C)c1cc(C(C)C)c([B-]2(c3c(C(C)C)cc(C(C)C)cc3C(C)C)Cc3ccccc3-c3cccc[n+]32)c(C(C)C)c1. The fraction of sp³-hybridized carbons (Fsp3) is 0.452. The quantitative estimate of drug-likeness (QED) is 0.181. The molecule has 0 unspecified atom stereocenters. The lowest BCUT2D eigenvalue weighted by molar-refractivity contribution is -0.532. The largest absolute Gasteiger partial charge is 0.412 e. The molecule has 0 radical (unpaired) electrons. The van der Waals surface area contributed by atoms with Crippen molar-refractivity contribution < 1.29 is 4.48 Å². The van der Waals surface area contributed by atoms with E-state index < -0.39 is 6.28 Å². The predicted molar refractivity (Wildman–Crippen MR) is 194 cm³/mol. The van der Waals surface area contributed by atoms with Crippen LogP contribution in [0.3, 0.4) is 0 Å². The molecule has 1 aliphatic rings. The highest BCUT2D eigenvalue weighted by atomic mass is 14.9.